The Morgan fingerprint density at radius 3 is 2.89 bits per heavy atom. The number of halogens is 1. The zero-order chi connectivity index (χ0) is 14.1. The van der Waals surface area contributed by atoms with Gasteiger partial charge in [0.2, 0.25) is 0 Å². The van der Waals surface area contributed by atoms with E-state index >= 15 is 0 Å². The summed E-state index contributed by atoms with van der Waals surface area (Å²) in [5.74, 6) is 0.112. The smallest absolute Gasteiger partial charge is 0.270 e. The maximum absolute atomic E-state index is 11.7. The number of nitro groups is 1. The molecule has 0 aliphatic carbocycles. The number of amides is 1. The van der Waals surface area contributed by atoms with Crippen LogP contribution in [0.1, 0.15) is 16.8 Å². The number of carbonyl (C=O) groups is 1. The first-order chi connectivity index (χ1) is 9.15. The van der Waals surface area contributed by atoms with E-state index in [1.54, 1.807) is 0 Å². The van der Waals surface area contributed by atoms with Crippen molar-refractivity contribution in [3.63, 3.8) is 0 Å². The van der Waals surface area contributed by atoms with Gasteiger partial charge in [-0.2, -0.15) is 0 Å². The van der Waals surface area contributed by atoms with Crippen LogP contribution in [0.15, 0.2) is 24.3 Å². The van der Waals surface area contributed by atoms with Crippen LogP contribution in [-0.2, 0) is 4.74 Å². The van der Waals surface area contributed by atoms with Crippen molar-refractivity contribution in [2.75, 3.05) is 25.6 Å². The van der Waals surface area contributed by atoms with Crippen LogP contribution in [0, 0.1) is 10.1 Å². The van der Waals surface area contributed by atoms with Gasteiger partial charge in [0.05, 0.1) is 11.5 Å². The van der Waals surface area contributed by atoms with E-state index in [0.29, 0.717) is 32.1 Å². The van der Waals surface area contributed by atoms with Gasteiger partial charge in [-0.3, -0.25) is 14.9 Å². The number of carbonyl (C=O) groups excluding carboxylic acids is 1. The van der Waals surface area contributed by atoms with Gasteiger partial charge in [0.15, 0.2) is 0 Å². The van der Waals surface area contributed by atoms with Gasteiger partial charge in [-0.15, -0.1) is 11.6 Å². The van der Waals surface area contributed by atoms with Gasteiger partial charge in [0, 0.05) is 36.7 Å². The molecule has 0 aromatic heterocycles. The fraction of sp³-hybridized carbons (Fsp3) is 0.417. The van der Waals surface area contributed by atoms with E-state index < -0.39 is 4.92 Å². The normalized spacial score (nSPS) is 10.2. The van der Waals surface area contributed by atoms with Crippen molar-refractivity contribution in [3.8, 4) is 0 Å². The number of hydrogen-bond acceptors (Lipinski definition) is 4. The number of nitrogens with one attached hydrogen (secondary N) is 1. The lowest BCUT2D eigenvalue weighted by molar-refractivity contribution is -0.384. The summed E-state index contributed by atoms with van der Waals surface area (Å²) in [6.45, 7) is 1.45. The maximum Gasteiger partial charge on any atom is 0.270 e. The van der Waals surface area contributed by atoms with E-state index in [2.05, 4.69) is 5.32 Å². The first-order valence-electron chi connectivity index (χ1n) is 5.81. The fourth-order valence-electron chi connectivity index (χ4n) is 1.40. The zero-order valence-corrected chi connectivity index (χ0v) is 11.1. The molecule has 1 N–H and O–H groups in total. The Bertz CT molecular complexity index is 439. The van der Waals surface area contributed by atoms with Gasteiger partial charge in [0.25, 0.3) is 11.6 Å². The molecule has 1 amide bonds. The van der Waals surface area contributed by atoms with Crippen molar-refractivity contribution in [2.45, 2.75) is 6.42 Å². The molecule has 1 aromatic carbocycles. The highest BCUT2D eigenvalue weighted by atomic mass is 35.5. The number of ether oxygens (including phenoxy) is 1. The van der Waals surface area contributed by atoms with Crippen LogP contribution in [0.5, 0.6) is 0 Å². The molecule has 0 bridgehead atoms. The van der Waals surface area contributed by atoms with Gasteiger partial charge in [-0.25, -0.2) is 0 Å². The van der Waals surface area contributed by atoms with Crippen LogP contribution < -0.4 is 5.32 Å². The fourth-order valence-corrected chi connectivity index (χ4v) is 1.50. The van der Waals surface area contributed by atoms with E-state index in [0.717, 1.165) is 0 Å². The Morgan fingerprint density at radius 1 is 1.42 bits per heavy atom. The lowest BCUT2D eigenvalue weighted by Crippen LogP contribution is -2.25. The topological polar surface area (TPSA) is 81.5 Å². The monoisotopic (exact) mass is 286 g/mol. The molecule has 0 aliphatic rings. The molecular weight excluding hydrogens is 272 g/mol. The van der Waals surface area contributed by atoms with E-state index in [9.17, 15) is 14.9 Å². The van der Waals surface area contributed by atoms with Crippen molar-refractivity contribution in [1.82, 2.24) is 5.32 Å². The standard InChI is InChI=1S/C12H15ClN2O4/c13-5-8-19-7-2-6-14-12(16)10-3-1-4-11(9-10)15(17)18/h1,3-4,9H,2,5-8H2,(H,14,16). The summed E-state index contributed by atoms with van der Waals surface area (Å²) in [6, 6.07) is 5.61. The summed E-state index contributed by atoms with van der Waals surface area (Å²) in [7, 11) is 0. The Hall–Kier alpha value is -1.66. The number of nitro benzene ring substituents is 1. The molecule has 1 aromatic rings. The van der Waals surface area contributed by atoms with Crippen LogP contribution in [0.2, 0.25) is 0 Å². The molecule has 0 saturated heterocycles. The quantitative estimate of drug-likeness (QED) is 0.343. The third kappa shape index (κ3) is 5.67. The van der Waals surface area contributed by atoms with Crippen LogP contribution in [0.4, 0.5) is 5.69 Å². The molecule has 7 heteroatoms. The summed E-state index contributed by atoms with van der Waals surface area (Å²) in [4.78, 5) is 21.8. The molecule has 0 radical (unpaired) electrons. The molecule has 0 aliphatic heterocycles. The van der Waals surface area contributed by atoms with Crippen LogP contribution in [0.25, 0.3) is 0 Å². The lowest BCUT2D eigenvalue weighted by Gasteiger charge is -2.05. The Labute approximate surface area is 115 Å². The van der Waals surface area contributed by atoms with Gasteiger partial charge < -0.3 is 10.1 Å². The predicted molar refractivity (Wildman–Crippen MR) is 71.6 cm³/mol. The predicted octanol–water partition coefficient (Wildman–Crippen LogP) is 1.97. The largest absolute Gasteiger partial charge is 0.380 e. The van der Waals surface area contributed by atoms with E-state index in [1.165, 1.54) is 24.3 Å². The molecule has 0 atom stereocenters. The molecule has 19 heavy (non-hydrogen) atoms. The van der Waals surface area contributed by atoms with E-state index in [1.807, 2.05) is 0 Å². The zero-order valence-electron chi connectivity index (χ0n) is 10.3. The van der Waals surface area contributed by atoms with Gasteiger partial charge in [-0.05, 0) is 12.5 Å². The lowest BCUT2D eigenvalue weighted by atomic mass is 10.2. The van der Waals surface area contributed by atoms with Crippen molar-refractivity contribution in [1.29, 1.82) is 0 Å². The summed E-state index contributed by atoms with van der Waals surface area (Å²) < 4.78 is 5.15. The maximum atomic E-state index is 11.7. The van der Waals surface area contributed by atoms with E-state index in [-0.39, 0.29) is 17.2 Å². The Morgan fingerprint density at radius 2 is 2.21 bits per heavy atom. The van der Waals surface area contributed by atoms with Crippen molar-refractivity contribution >= 4 is 23.2 Å². The minimum absolute atomic E-state index is 0.0990. The van der Waals surface area contributed by atoms with Crippen LogP contribution in [0.3, 0.4) is 0 Å². The molecule has 0 unspecified atom stereocenters. The third-order valence-electron chi connectivity index (χ3n) is 2.29. The second-order valence-corrected chi connectivity index (χ2v) is 4.10. The molecule has 0 heterocycles. The summed E-state index contributed by atoms with van der Waals surface area (Å²) in [5.41, 5.74) is 0.175. The highest BCUT2D eigenvalue weighted by molar-refractivity contribution is 6.17. The number of nitrogens with zero attached hydrogens (tertiary/aromatic N) is 1. The van der Waals surface area contributed by atoms with Gasteiger partial charge >= 0.3 is 0 Å². The number of rotatable bonds is 8. The average Bonchev–Trinajstić information content (AvgIpc) is 2.42. The molecule has 0 fully saturated rings. The second kappa shape index (κ2) is 8.44. The number of benzene rings is 1. The molecular formula is C12H15ClN2O4. The number of alkyl halides is 1. The Kier molecular flexibility index (Phi) is 6.84. The van der Waals surface area contributed by atoms with Crippen LogP contribution in [-0.4, -0.2) is 36.5 Å². The molecule has 6 nitrogen and oxygen atoms in total. The van der Waals surface area contributed by atoms with Gasteiger partial charge in [-0.1, -0.05) is 6.07 Å². The van der Waals surface area contributed by atoms with Crippen LogP contribution >= 0.6 is 11.6 Å². The van der Waals surface area contributed by atoms with E-state index in [4.69, 9.17) is 16.3 Å². The van der Waals surface area contributed by atoms with Crippen molar-refractivity contribution < 1.29 is 14.5 Å². The minimum Gasteiger partial charge on any atom is -0.380 e. The molecule has 104 valence electrons. The summed E-state index contributed by atoms with van der Waals surface area (Å²) >= 11 is 5.44. The molecule has 0 saturated carbocycles. The highest BCUT2D eigenvalue weighted by Gasteiger charge is 2.10. The number of non-ortho nitro benzene ring substituents is 1. The first kappa shape index (κ1) is 15.4. The highest BCUT2D eigenvalue weighted by Crippen LogP contribution is 2.12. The Balaban J connectivity index is 2.37. The number of hydrogen-bond donors (Lipinski definition) is 1. The third-order valence-corrected chi connectivity index (χ3v) is 2.45. The average molecular weight is 287 g/mol. The second-order valence-electron chi connectivity index (χ2n) is 3.72. The first-order valence-corrected chi connectivity index (χ1v) is 6.35. The van der Waals surface area contributed by atoms with Crippen molar-refractivity contribution in [2.24, 2.45) is 0 Å². The SMILES string of the molecule is O=C(NCCCOCCCl)c1cccc([N+](=O)[O-])c1. The van der Waals surface area contributed by atoms with Crippen molar-refractivity contribution in [3.05, 3.63) is 39.9 Å². The molecule has 0 spiro atoms. The summed E-state index contributed by atoms with van der Waals surface area (Å²) in [6.07, 6.45) is 0.664. The van der Waals surface area contributed by atoms with Gasteiger partial charge in [0.1, 0.15) is 0 Å². The molecule has 1 rings (SSSR count). The minimum atomic E-state index is -0.531. The summed E-state index contributed by atoms with van der Waals surface area (Å²) in [5, 5.41) is 13.3.